The second-order valence-electron chi connectivity index (χ2n) is 6.56. The molecule has 1 unspecified atom stereocenters. The highest BCUT2D eigenvalue weighted by molar-refractivity contribution is 5.18. The van der Waals surface area contributed by atoms with E-state index in [4.69, 9.17) is 0 Å². The van der Waals surface area contributed by atoms with Gasteiger partial charge in [-0.25, -0.2) is 0 Å². The molecule has 1 fully saturated rings. The van der Waals surface area contributed by atoms with E-state index >= 15 is 0 Å². The lowest BCUT2D eigenvalue weighted by Crippen LogP contribution is -2.30. The molecule has 21 heavy (non-hydrogen) atoms. The Morgan fingerprint density at radius 3 is 2.57 bits per heavy atom. The molecule has 0 spiro atoms. The van der Waals surface area contributed by atoms with Gasteiger partial charge in [-0.1, -0.05) is 43.2 Å². The topological polar surface area (TPSA) is 38.0 Å². The van der Waals surface area contributed by atoms with E-state index in [0.717, 1.165) is 11.3 Å². The molecule has 1 atom stereocenters. The van der Waals surface area contributed by atoms with Gasteiger partial charge in [0.05, 0.1) is 17.3 Å². The molecule has 1 aromatic heterocycles. The molecule has 1 aliphatic carbocycles. The first-order valence-electron chi connectivity index (χ1n) is 7.93. The molecular weight excluding hydrogens is 260 g/mol. The van der Waals surface area contributed by atoms with E-state index < -0.39 is 5.60 Å². The van der Waals surface area contributed by atoms with Gasteiger partial charge in [-0.2, -0.15) is 5.10 Å². The van der Waals surface area contributed by atoms with Gasteiger partial charge in [0.15, 0.2) is 0 Å². The summed E-state index contributed by atoms with van der Waals surface area (Å²) >= 11 is 0. The van der Waals surface area contributed by atoms with Crippen LogP contribution in [0, 0.1) is 0 Å². The Hall–Kier alpha value is -1.61. The van der Waals surface area contributed by atoms with Gasteiger partial charge in [0.25, 0.3) is 0 Å². The molecule has 2 aromatic rings. The molecule has 0 aliphatic heterocycles. The fourth-order valence-corrected chi connectivity index (χ4v) is 3.33. The monoisotopic (exact) mass is 284 g/mol. The van der Waals surface area contributed by atoms with Gasteiger partial charge in [0.2, 0.25) is 0 Å². The second kappa shape index (κ2) is 6.02. The van der Waals surface area contributed by atoms with Crippen LogP contribution >= 0.6 is 0 Å². The fourth-order valence-electron chi connectivity index (χ4n) is 3.33. The third-order valence-electron chi connectivity index (χ3n) is 4.35. The number of aliphatic hydroxyl groups is 1. The summed E-state index contributed by atoms with van der Waals surface area (Å²) in [5.74, 6) is 0. The molecule has 1 N–H and O–H groups in total. The molecule has 1 saturated carbocycles. The van der Waals surface area contributed by atoms with Crippen LogP contribution in [-0.4, -0.2) is 20.5 Å². The van der Waals surface area contributed by atoms with Crippen molar-refractivity contribution in [1.29, 1.82) is 0 Å². The van der Waals surface area contributed by atoms with Crippen LogP contribution in [0.1, 0.15) is 49.9 Å². The molecular formula is C18H24N2O. The summed E-state index contributed by atoms with van der Waals surface area (Å²) in [5, 5.41) is 15.3. The summed E-state index contributed by atoms with van der Waals surface area (Å²) in [5.41, 5.74) is 1.40. The number of rotatable bonds is 5. The Morgan fingerprint density at radius 2 is 1.86 bits per heavy atom. The molecule has 1 aliphatic rings. The van der Waals surface area contributed by atoms with Crippen molar-refractivity contribution in [2.75, 3.05) is 0 Å². The van der Waals surface area contributed by atoms with Crippen molar-refractivity contribution in [1.82, 2.24) is 9.78 Å². The minimum atomic E-state index is -0.754. The first-order valence-corrected chi connectivity index (χ1v) is 7.93. The van der Waals surface area contributed by atoms with Crippen LogP contribution in [0.5, 0.6) is 0 Å². The van der Waals surface area contributed by atoms with E-state index in [1.54, 1.807) is 0 Å². The number of nitrogens with zero attached hydrogens (tertiary/aromatic N) is 2. The number of hydrogen-bond donors (Lipinski definition) is 1. The summed E-state index contributed by atoms with van der Waals surface area (Å²) < 4.78 is 2.10. The summed E-state index contributed by atoms with van der Waals surface area (Å²) in [6.45, 7) is 1.90. The molecule has 1 heterocycles. The Morgan fingerprint density at radius 1 is 1.14 bits per heavy atom. The lowest BCUT2D eigenvalue weighted by atomic mass is 9.92. The highest BCUT2D eigenvalue weighted by Gasteiger charge is 2.24. The van der Waals surface area contributed by atoms with Crippen molar-refractivity contribution in [3.8, 4) is 0 Å². The molecule has 3 rings (SSSR count). The Balaban J connectivity index is 1.64. The third kappa shape index (κ3) is 3.73. The van der Waals surface area contributed by atoms with Gasteiger partial charge in [-0.05, 0) is 31.4 Å². The van der Waals surface area contributed by atoms with E-state index in [-0.39, 0.29) is 0 Å². The van der Waals surface area contributed by atoms with Crippen LogP contribution in [0.25, 0.3) is 0 Å². The first kappa shape index (κ1) is 14.3. The van der Waals surface area contributed by atoms with Crippen LogP contribution in [0.4, 0.5) is 0 Å². The van der Waals surface area contributed by atoms with Crippen molar-refractivity contribution >= 4 is 0 Å². The summed E-state index contributed by atoms with van der Waals surface area (Å²) in [6, 6.07) is 12.8. The molecule has 0 radical (unpaired) electrons. The lowest BCUT2D eigenvalue weighted by molar-refractivity contribution is 0.0596. The average Bonchev–Trinajstić information content (AvgIpc) is 3.09. The number of hydrogen-bond acceptors (Lipinski definition) is 2. The van der Waals surface area contributed by atoms with Crippen LogP contribution in [0.2, 0.25) is 0 Å². The van der Waals surface area contributed by atoms with Gasteiger partial charge in [-0.15, -0.1) is 0 Å². The number of aromatic nitrogens is 2. The van der Waals surface area contributed by atoms with Gasteiger partial charge in [-0.3, -0.25) is 4.68 Å². The fraction of sp³-hybridized carbons (Fsp3) is 0.500. The molecule has 0 amide bonds. The van der Waals surface area contributed by atoms with Crippen molar-refractivity contribution in [2.45, 2.75) is 57.1 Å². The molecule has 3 heteroatoms. The molecule has 1 aromatic carbocycles. The zero-order valence-electron chi connectivity index (χ0n) is 12.7. The zero-order valence-corrected chi connectivity index (χ0v) is 12.7. The zero-order chi connectivity index (χ0) is 14.7. The largest absolute Gasteiger partial charge is 0.389 e. The second-order valence-corrected chi connectivity index (χ2v) is 6.56. The van der Waals surface area contributed by atoms with Crippen LogP contribution in [-0.2, 0) is 12.8 Å². The van der Waals surface area contributed by atoms with Crippen LogP contribution in [0.3, 0.4) is 0 Å². The highest BCUT2D eigenvalue weighted by atomic mass is 16.3. The summed E-state index contributed by atoms with van der Waals surface area (Å²) in [7, 11) is 0. The predicted octanol–water partition coefficient (Wildman–Crippen LogP) is 3.53. The Kier molecular flexibility index (Phi) is 4.11. The summed E-state index contributed by atoms with van der Waals surface area (Å²) in [4.78, 5) is 0. The maximum atomic E-state index is 10.6. The van der Waals surface area contributed by atoms with Crippen molar-refractivity contribution < 1.29 is 5.11 Å². The van der Waals surface area contributed by atoms with Crippen molar-refractivity contribution in [2.24, 2.45) is 0 Å². The van der Waals surface area contributed by atoms with Crippen molar-refractivity contribution in [3.63, 3.8) is 0 Å². The minimum absolute atomic E-state index is 0.567. The quantitative estimate of drug-likeness (QED) is 0.912. The van der Waals surface area contributed by atoms with Gasteiger partial charge in [0, 0.05) is 19.0 Å². The maximum absolute atomic E-state index is 10.6. The van der Waals surface area contributed by atoms with E-state index in [2.05, 4.69) is 34.2 Å². The minimum Gasteiger partial charge on any atom is -0.389 e. The average molecular weight is 284 g/mol. The van der Waals surface area contributed by atoms with E-state index in [1.807, 2.05) is 25.1 Å². The standard InChI is InChI=1S/C18H24N2O/c1-18(21,13-15-7-3-2-4-8-15)14-16-11-12-20(19-16)17-9-5-6-10-17/h2-4,7-8,11-12,17,21H,5-6,9-10,13-14H2,1H3. The van der Waals surface area contributed by atoms with Gasteiger partial charge < -0.3 is 5.11 Å². The van der Waals surface area contributed by atoms with Crippen LogP contribution < -0.4 is 0 Å². The number of benzene rings is 1. The van der Waals surface area contributed by atoms with Crippen LogP contribution in [0.15, 0.2) is 42.6 Å². The Bertz CT molecular complexity index is 568. The lowest BCUT2D eigenvalue weighted by Gasteiger charge is -2.22. The van der Waals surface area contributed by atoms with Crippen molar-refractivity contribution in [3.05, 3.63) is 53.9 Å². The predicted molar refractivity (Wildman–Crippen MR) is 84.2 cm³/mol. The van der Waals surface area contributed by atoms with E-state index in [1.165, 1.54) is 25.7 Å². The van der Waals surface area contributed by atoms with E-state index in [9.17, 15) is 5.11 Å². The SMILES string of the molecule is CC(O)(Cc1ccccc1)Cc1ccn(C2CCCC2)n1. The molecule has 112 valence electrons. The normalized spacial score (nSPS) is 18.8. The van der Waals surface area contributed by atoms with Gasteiger partial charge in [0.1, 0.15) is 0 Å². The highest BCUT2D eigenvalue weighted by Crippen LogP contribution is 2.29. The smallest absolute Gasteiger partial charge is 0.0715 e. The molecule has 0 saturated heterocycles. The van der Waals surface area contributed by atoms with Gasteiger partial charge >= 0.3 is 0 Å². The third-order valence-corrected chi connectivity index (χ3v) is 4.35. The molecule has 3 nitrogen and oxygen atoms in total. The first-order chi connectivity index (χ1) is 10.1. The van der Waals surface area contributed by atoms with E-state index in [0.29, 0.717) is 18.9 Å². The summed E-state index contributed by atoms with van der Waals surface area (Å²) in [6.07, 6.45) is 8.43. The molecule has 0 bridgehead atoms. The Labute approximate surface area is 126 Å². The maximum Gasteiger partial charge on any atom is 0.0715 e.